The third kappa shape index (κ3) is 2.28. The van der Waals surface area contributed by atoms with Crippen molar-refractivity contribution >= 4 is 17.3 Å². The number of carbonyl (C=O) groups excluding carboxylic acids is 1. The molecule has 6 heteroatoms. The number of nitro benzene ring substituents is 1. The summed E-state index contributed by atoms with van der Waals surface area (Å²) in [5.41, 5.74) is 6.83. The minimum absolute atomic E-state index is 0.0150. The lowest BCUT2D eigenvalue weighted by Gasteiger charge is -2.07. The first kappa shape index (κ1) is 12.0. The van der Waals surface area contributed by atoms with Gasteiger partial charge in [-0.25, -0.2) is 0 Å². The van der Waals surface area contributed by atoms with Gasteiger partial charge in [0.25, 0.3) is 5.69 Å². The number of ether oxygens (including phenoxy) is 1. The number of nitrogens with zero attached hydrogens (tertiary/aromatic N) is 1. The monoisotopic (exact) mass is 224 g/mol. The summed E-state index contributed by atoms with van der Waals surface area (Å²) in [4.78, 5) is 21.2. The summed E-state index contributed by atoms with van der Waals surface area (Å²) in [5, 5.41) is 10.6. The molecule has 0 aliphatic rings. The van der Waals surface area contributed by atoms with Gasteiger partial charge in [-0.15, -0.1) is 0 Å². The molecule has 1 rings (SSSR count). The van der Waals surface area contributed by atoms with Gasteiger partial charge in [0.1, 0.15) is 0 Å². The second-order valence-electron chi connectivity index (χ2n) is 3.29. The number of nitrogen functional groups attached to an aromatic ring is 1. The molecular formula is C10H12N2O4. The van der Waals surface area contributed by atoms with Crippen molar-refractivity contribution in [3.05, 3.63) is 33.4 Å². The fourth-order valence-electron chi connectivity index (χ4n) is 1.35. The van der Waals surface area contributed by atoms with Gasteiger partial charge >= 0.3 is 5.97 Å². The van der Waals surface area contributed by atoms with E-state index < -0.39 is 10.9 Å². The molecule has 0 atom stereocenters. The van der Waals surface area contributed by atoms with Crippen LogP contribution >= 0.6 is 0 Å². The van der Waals surface area contributed by atoms with E-state index in [4.69, 9.17) is 5.73 Å². The number of carbonyl (C=O) groups is 1. The molecule has 0 fully saturated rings. The Kier molecular flexibility index (Phi) is 3.44. The largest absolute Gasteiger partial charge is 0.469 e. The topological polar surface area (TPSA) is 95.5 Å². The number of methoxy groups -OCH3 is 1. The molecule has 86 valence electrons. The molecule has 0 unspecified atom stereocenters. The predicted octanol–water partition coefficient (Wildman–Crippen LogP) is 1.20. The van der Waals surface area contributed by atoms with E-state index in [0.29, 0.717) is 11.1 Å². The molecule has 0 saturated heterocycles. The number of rotatable bonds is 3. The van der Waals surface area contributed by atoms with Gasteiger partial charge in [-0.3, -0.25) is 14.9 Å². The highest BCUT2D eigenvalue weighted by Crippen LogP contribution is 2.27. The van der Waals surface area contributed by atoms with Crippen LogP contribution in [-0.2, 0) is 16.0 Å². The summed E-state index contributed by atoms with van der Waals surface area (Å²) in [5.74, 6) is -0.431. The van der Waals surface area contributed by atoms with Gasteiger partial charge in [0.15, 0.2) is 0 Å². The fraction of sp³-hybridized carbons (Fsp3) is 0.300. The van der Waals surface area contributed by atoms with Crippen molar-refractivity contribution in [1.29, 1.82) is 0 Å². The standard InChI is InChI=1S/C10H12N2O4/c1-6-8(12(14)15)4-3-7(10(6)11)5-9(13)16-2/h3-4H,5,11H2,1-2H3. The van der Waals surface area contributed by atoms with Crippen LogP contribution in [0.1, 0.15) is 11.1 Å². The van der Waals surface area contributed by atoms with Gasteiger partial charge < -0.3 is 10.5 Å². The molecule has 0 aliphatic carbocycles. The van der Waals surface area contributed by atoms with Crippen LogP contribution in [-0.4, -0.2) is 18.0 Å². The Hall–Kier alpha value is -2.11. The van der Waals surface area contributed by atoms with Crippen molar-refractivity contribution in [3.8, 4) is 0 Å². The normalized spacial score (nSPS) is 9.88. The molecule has 16 heavy (non-hydrogen) atoms. The zero-order valence-electron chi connectivity index (χ0n) is 9.02. The second kappa shape index (κ2) is 4.61. The molecule has 0 aliphatic heterocycles. The Morgan fingerprint density at radius 1 is 1.56 bits per heavy atom. The fourth-order valence-corrected chi connectivity index (χ4v) is 1.35. The van der Waals surface area contributed by atoms with Gasteiger partial charge in [0.05, 0.1) is 18.5 Å². The highest BCUT2D eigenvalue weighted by molar-refractivity contribution is 5.76. The van der Waals surface area contributed by atoms with Crippen LogP contribution in [0.5, 0.6) is 0 Å². The minimum Gasteiger partial charge on any atom is -0.469 e. The molecule has 1 aromatic carbocycles. The Labute approximate surface area is 92.2 Å². The molecule has 0 spiro atoms. The van der Waals surface area contributed by atoms with Crippen LogP contribution in [0.2, 0.25) is 0 Å². The number of hydrogen-bond donors (Lipinski definition) is 1. The lowest BCUT2D eigenvalue weighted by atomic mass is 10.0. The molecule has 0 radical (unpaired) electrons. The first-order chi connectivity index (χ1) is 7.47. The van der Waals surface area contributed by atoms with E-state index in [1.54, 1.807) is 6.92 Å². The number of nitro groups is 1. The number of esters is 1. The molecule has 2 N–H and O–H groups in total. The van der Waals surface area contributed by atoms with E-state index in [9.17, 15) is 14.9 Å². The van der Waals surface area contributed by atoms with Crippen LogP contribution in [0.4, 0.5) is 11.4 Å². The highest BCUT2D eigenvalue weighted by atomic mass is 16.6. The van der Waals surface area contributed by atoms with Crippen LogP contribution < -0.4 is 5.73 Å². The Bertz CT molecular complexity index is 443. The van der Waals surface area contributed by atoms with E-state index >= 15 is 0 Å². The minimum atomic E-state index is -0.506. The smallest absolute Gasteiger partial charge is 0.310 e. The molecular weight excluding hydrogens is 212 g/mol. The zero-order chi connectivity index (χ0) is 12.3. The summed E-state index contributed by atoms with van der Waals surface area (Å²) in [6.07, 6.45) is 0.0150. The summed E-state index contributed by atoms with van der Waals surface area (Å²) in [7, 11) is 1.27. The van der Waals surface area contributed by atoms with Crippen molar-refractivity contribution in [1.82, 2.24) is 0 Å². The van der Waals surface area contributed by atoms with Gasteiger partial charge in [-0.1, -0.05) is 0 Å². The molecule has 0 aromatic heterocycles. The van der Waals surface area contributed by atoms with Gasteiger partial charge in [-0.05, 0) is 18.6 Å². The summed E-state index contributed by atoms with van der Waals surface area (Å²) in [6.45, 7) is 1.55. The van der Waals surface area contributed by atoms with Crippen molar-refractivity contribution in [2.75, 3.05) is 12.8 Å². The van der Waals surface area contributed by atoms with Crippen molar-refractivity contribution in [2.45, 2.75) is 13.3 Å². The maximum absolute atomic E-state index is 11.1. The van der Waals surface area contributed by atoms with E-state index in [0.717, 1.165) is 0 Å². The van der Waals surface area contributed by atoms with E-state index in [1.165, 1.54) is 19.2 Å². The van der Waals surface area contributed by atoms with Crippen LogP contribution in [0.3, 0.4) is 0 Å². The third-order valence-corrected chi connectivity index (χ3v) is 2.34. The zero-order valence-corrected chi connectivity index (χ0v) is 9.02. The number of anilines is 1. The van der Waals surface area contributed by atoms with Crippen LogP contribution in [0.15, 0.2) is 12.1 Å². The lowest BCUT2D eigenvalue weighted by Crippen LogP contribution is -2.08. The van der Waals surface area contributed by atoms with Crippen molar-refractivity contribution < 1.29 is 14.5 Å². The van der Waals surface area contributed by atoms with Gasteiger partial charge in [0.2, 0.25) is 0 Å². The Morgan fingerprint density at radius 3 is 2.69 bits per heavy atom. The SMILES string of the molecule is COC(=O)Cc1ccc([N+](=O)[O-])c(C)c1N. The average Bonchev–Trinajstić information content (AvgIpc) is 2.24. The molecule has 0 saturated carbocycles. The quantitative estimate of drug-likeness (QED) is 0.360. The predicted molar refractivity (Wildman–Crippen MR) is 58.0 cm³/mol. The summed E-state index contributed by atoms with van der Waals surface area (Å²) in [6, 6.07) is 2.81. The second-order valence-corrected chi connectivity index (χ2v) is 3.29. The molecule has 0 amide bonds. The highest BCUT2D eigenvalue weighted by Gasteiger charge is 2.16. The van der Waals surface area contributed by atoms with Crippen LogP contribution in [0, 0.1) is 17.0 Å². The number of hydrogen-bond acceptors (Lipinski definition) is 5. The molecule has 0 heterocycles. The van der Waals surface area contributed by atoms with Crippen LogP contribution in [0.25, 0.3) is 0 Å². The average molecular weight is 224 g/mol. The van der Waals surface area contributed by atoms with Crippen molar-refractivity contribution in [3.63, 3.8) is 0 Å². The first-order valence-corrected chi connectivity index (χ1v) is 4.56. The van der Waals surface area contributed by atoms with E-state index in [-0.39, 0.29) is 17.8 Å². The maximum atomic E-state index is 11.1. The van der Waals surface area contributed by atoms with Gasteiger partial charge in [-0.2, -0.15) is 0 Å². The molecule has 1 aromatic rings. The first-order valence-electron chi connectivity index (χ1n) is 4.56. The van der Waals surface area contributed by atoms with Gasteiger partial charge in [0, 0.05) is 17.3 Å². The molecule has 6 nitrogen and oxygen atoms in total. The lowest BCUT2D eigenvalue weighted by molar-refractivity contribution is -0.385. The Morgan fingerprint density at radius 2 is 2.19 bits per heavy atom. The van der Waals surface area contributed by atoms with Crippen molar-refractivity contribution in [2.24, 2.45) is 0 Å². The third-order valence-electron chi connectivity index (χ3n) is 2.34. The maximum Gasteiger partial charge on any atom is 0.310 e. The number of nitrogens with two attached hydrogens (primary N) is 1. The number of benzene rings is 1. The van der Waals surface area contributed by atoms with E-state index in [1.807, 2.05) is 0 Å². The van der Waals surface area contributed by atoms with E-state index in [2.05, 4.69) is 4.74 Å². The summed E-state index contributed by atoms with van der Waals surface area (Å²) < 4.78 is 4.50. The summed E-state index contributed by atoms with van der Waals surface area (Å²) >= 11 is 0. The molecule has 0 bridgehead atoms. The Balaban J connectivity index is 3.12.